The Hall–Kier alpha value is -2.03. The van der Waals surface area contributed by atoms with Crippen LogP contribution in [0, 0.1) is 0 Å². The minimum atomic E-state index is -0.0559. The maximum absolute atomic E-state index is 12.2. The highest BCUT2D eigenvalue weighted by Gasteiger charge is 2.18. The number of morpholine rings is 1. The maximum Gasteiger partial charge on any atom is 0.260 e. The van der Waals surface area contributed by atoms with E-state index in [0.717, 1.165) is 10.6 Å². The average molecular weight is 398 g/mol. The number of amides is 1. The molecule has 2 heterocycles. The Morgan fingerprint density at radius 1 is 1.38 bits per heavy atom. The van der Waals surface area contributed by atoms with Crippen molar-refractivity contribution in [3.05, 3.63) is 33.7 Å². The van der Waals surface area contributed by atoms with Crippen molar-refractivity contribution in [2.75, 3.05) is 45.3 Å². The summed E-state index contributed by atoms with van der Waals surface area (Å²) in [5, 5.41) is 3.28. The predicted molar refractivity (Wildman–Crippen MR) is 100 cm³/mol. The number of benzene rings is 1. The standard InChI is InChI=1S/C17H20ClN3O4S/c1-23-15-8-12(19-9-13-10-20-17(18)26-13)2-3-14(15)25-11-16(22)21-4-6-24-7-5-21/h2-3,8,10,19H,4-7,9,11H2,1H3. The number of hydrogen-bond acceptors (Lipinski definition) is 7. The van der Waals surface area contributed by atoms with Crippen LogP contribution in [0.4, 0.5) is 5.69 Å². The van der Waals surface area contributed by atoms with Crippen LogP contribution in [-0.2, 0) is 16.1 Å². The Labute approximate surface area is 160 Å². The zero-order chi connectivity index (χ0) is 18.4. The van der Waals surface area contributed by atoms with Gasteiger partial charge >= 0.3 is 0 Å². The molecular weight excluding hydrogens is 378 g/mol. The number of thiazole rings is 1. The fraction of sp³-hybridized carbons (Fsp3) is 0.412. The summed E-state index contributed by atoms with van der Waals surface area (Å²) in [6.07, 6.45) is 1.74. The number of methoxy groups -OCH3 is 1. The normalized spacial score (nSPS) is 14.2. The number of rotatable bonds is 7. The van der Waals surface area contributed by atoms with Crippen molar-refractivity contribution < 1.29 is 19.0 Å². The second kappa shape index (κ2) is 9.07. The van der Waals surface area contributed by atoms with Gasteiger partial charge in [0.2, 0.25) is 0 Å². The summed E-state index contributed by atoms with van der Waals surface area (Å²) in [5.74, 6) is 1.03. The van der Waals surface area contributed by atoms with Crippen molar-refractivity contribution in [3.8, 4) is 11.5 Å². The summed E-state index contributed by atoms with van der Waals surface area (Å²) < 4.78 is 16.8. The van der Waals surface area contributed by atoms with Gasteiger partial charge in [-0.2, -0.15) is 0 Å². The Morgan fingerprint density at radius 2 is 2.19 bits per heavy atom. The van der Waals surface area contributed by atoms with E-state index in [4.69, 9.17) is 25.8 Å². The molecule has 9 heteroatoms. The van der Waals surface area contributed by atoms with Crippen molar-refractivity contribution in [3.63, 3.8) is 0 Å². The van der Waals surface area contributed by atoms with Crippen molar-refractivity contribution in [1.29, 1.82) is 0 Å². The van der Waals surface area contributed by atoms with Crippen LogP contribution in [0.1, 0.15) is 4.88 Å². The van der Waals surface area contributed by atoms with E-state index in [1.165, 1.54) is 11.3 Å². The van der Waals surface area contributed by atoms with Gasteiger partial charge in [-0.1, -0.05) is 11.6 Å². The van der Waals surface area contributed by atoms with Gasteiger partial charge in [0, 0.05) is 35.9 Å². The summed E-state index contributed by atoms with van der Waals surface area (Å²) >= 11 is 7.26. The number of halogens is 1. The van der Waals surface area contributed by atoms with Crippen LogP contribution in [0.25, 0.3) is 0 Å². The minimum absolute atomic E-state index is 0.0253. The molecule has 3 rings (SSSR count). The first kappa shape index (κ1) is 18.8. The number of nitrogens with zero attached hydrogens (tertiary/aromatic N) is 2. The average Bonchev–Trinajstić information content (AvgIpc) is 3.10. The van der Waals surface area contributed by atoms with Crippen LogP contribution in [0.3, 0.4) is 0 Å². The first-order valence-corrected chi connectivity index (χ1v) is 9.35. The molecular formula is C17H20ClN3O4S. The molecule has 0 radical (unpaired) electrons. The molecule has 1 fully saturated rings. The first-order chi connectivity index (χ1) is 12.7. The van der Waals surface area contributed by atoms with Gasteiger partial charge in [0.1, 0.15) is 0 Å². The Kier molecular flexibility index (Phi) is 6.54. The van der Waals surface area contributed by atoms with Crippen molar-refractivity contribution >= 4 is 34.5 Å². The minimum Gasteiger partial charge on any atom is -0.493 e. The molecule has 2 aromatic rings. The van der Waals surface area contributed by atoms with Crippen LogP contribution in [0.15, 0.2) is 24.4 Å². The van der Waals surface area contributed by atoms with E-state index in [-0.39, 0.29) is 12.5 Å². The molecule has 0 unspecified atom stereocenters. The van der Waals surface area contributed by atoms with E-state index in [0.29, 0.717) is 48.8 Å². The molecule has 140 valence electrons. The fourth-order valence-corrected chi connectivity index (χ4v) is 3.41. The van der Waals surface area contributed by atoms with E-state index in [2.05, 4.69) is 10.3 Å². The SMILES string of the molecule is COc1cc(NCc2cnc(Cl)s2)ccc1OCC(=O)N1CCOCC1. The molecule has 26 heavy (non-hydrogen) atoms. The van der Waals surface area contributed by atoms with Gasteiger partial charge in [0.05, 0.1) is 26.9 Å². The molecule has 7 nitrogen and oxygen atoms in total. The topological polar surface area (TPSA) is 72.9 Å². The molecule has 0 atom stereocenters. The van der Waals surface area contributed by atoms with Gasteiger partial charge in [-0.25, -0.2) is 4.98 Å². The van der Waals surface area contributed by atoms with Gasteiger partial charge in [-0.3, -0.25) is 4.79 Å². The number of ether oxygens (including phenoxy) is 3. The Bertz CT molecular complexity index is 749. The molecule has 1 amide bonds. The monoisotopic (exact) mass is 397 g/mol. The zero-order valence-electron chi connectivity index (χ0n) is 14.4. The van der Waals surface area contributed by atoms with Crippen LogP contribution >= 0.6 is 22.9 Å². The number of carbonyl (C=O) groups is 1. The summed E-state index contributed by atoms with van der Waals surface area (Å²) in [5.41, 5.74) is 0.873. The highest BCUT2D eigenvalue weighted by atomic mass is 35.5. The number of carbonyl (C=O) groups excluding carboxylic acids is 1. The lowest BCUT2D eigenvalue weighted by molar-refractivity contribution is -0.137. The Morgan fingerprint density at radius 3 is 2.88 bits per heavy atom. The number of nitrogens with one attached hydrogen (secondary N) is 1. The molecule has 1 aliphatic rings. The number of aromatic nitrogens is 1. The van der Waals surface area contributed by atoms with Crippen LogP contribution in [0.2, 0.25) is 4.47 Å². The van der Waals surface area contributed by atoms with Crippen LogP contribution in [0.5, 0.6) is 11.5 Å². The van der Waals surface area contributed by atoms with Crippen molar-refractivity contribution in [1.82, 2.24) is 9.88 Å². The predicted octanol–water partition coefficient (Wildman–Crippen LogP) is 2.65. The van der Waals surface area contributed by atoms with E-state index in [1.54, 1.807) is 24.3 Å². The molecule has 0 saturated carbocycles. The lowest BCUT2D eigenvalue weighted by Gasteiger charge is -2.26. The molecule has 1 aromatic carbocycles. The molecule has 1 aliphatic heterocycles. The highest BCUT2D eigenvalue weighted by Crippen LogP contribution is 2.30. The second-order valence-corrected chi connectivity index (χ2v) is 7.28. The van der Waals surface area contributed by atoms with Crippen LogP contribution in [-0.4, -0.2) is 55.8 Å². The quantitative estimate of drug-likeness (QED) is 0.774. The smallest absolute Gasteiger partial charge is 0.260 e. The first-order valence-electron chi connectivity index (χ1n) is 8.16. The van der Waals surface area contributed by atoms with Gasteiger partial charge in [-0.15, -0.1) is 11.3 Å². The van der Waals surface area contributed by atoms with E-state index in [9.17, 15) is 4.79 Å². The number of anilines is 1. The van der Waals surface area contributed by atoms with Gasteiger partial charge in [0.25, 0.3) is 5.91 Å². The Balaban J connectivity index is 1.56. The third kappa shape index (κ3) is 5.00. The lowest BCUT2D eigenvalue weighted by atomic mass is 10.2. The molecule has 1 saturated heterocycles. The third-order valence-electron chi connectivity index (χ3n) is 3.87. The summed E-state index contributed by atoms with van der Waals surface area (Å²) in [7, 11) is 1.57. The van der Waals surface area contributed by atoms with Crippen molar-refractivity contribution in [2.24, 2.45) is 0 Å². The van der Waals surface area contributed by atoms with Gasteiger partial charge < -0.3 is 24.4 Å². The zero-order valence-corrected chi connectivity index (χ0v) is 15.9. The van der Waals surface area contributed by atoms with Gasteiger partial charge in [0.15, 0.2) is 22.6 Å². The van der Waals surface area contributed by atoms with Crippen molar-refractivity contribution in [2.45, 2.75) is 6.54 Å². The molecule has 0 spiro atoms. The lowest BCUT2D eigenvalue weighted by Crippen LogP contribution is -2.43. The summed E-state index contributed by atoms with van der Waals surface area (Å²) in [6.45, 7) is 2.93. The summed E-state index contributed by atoms with van der Waals surface area (Å²) in [4.78, 5) is 19.0. The van der Waals surface area contributed by atoms with E-state index in [1.807, 2.05) is 12.1 Å². The van der Waals surface area contributed by atoms with E-state index >= 15 is 0 Å². The molecule has 1 N–H and O–H groups in total. The van der Waals surface area contributed by atoms with E-state index < -0.39 is 0 Å². The summed E-state index contributed by atoms with van der Waals surface area (Å²) in [6, 6.07) is 5.49. The molecule has 0 bridgehead atoms. The fourth-order valence-electron chi connectivity index (χ4n) is 2.49. The molecule has 1 aromatic heterocycles. The molecule has 0 aliphatic carbocycles. The highest BCUT2D eigenvalue weighted by molar-refractivity contribution is 7.15. The maximum atomic E-state index is 12.2. The third-order valence-corrected chi connectivity index (χ3v) is 4.99. The number of hydrogen-bond donors (Lipinski definition) is 1. The van der Waals surface area contributed by atoms with Gasteiger partial charge in [-0.05, 0) is 12.1 Å². The second-order valence-electron chi connectivity index (χ2n) is 5.58. The largest absolute Gasteiger partial charge is 0.493 e. The van der Waals surface area contributed by atoms with Crippen LogP contribution < -0.4 is 14.8 Å².